The van der Waals surface area contributed by atoms with Crippen molar-refractivity contribution >= 4 is 22.2 Å². The van der Waals surface area contributed by atoms with Crippen molar-refractivity contribution in [1.82, 2.24) is 0 Å². The Bertz CT molecular complexity index is 1000. The SMILES string of the molecule is C=C(C[N+](C)(C)Cc1ccccc1)C(=O)c1ccc2cc(N(C)C)ccc2c1. The van der Waals surface area contributed by atoms with Crippen molar-refractivity contribution in [2.45, 2.75) is 6.54 Å². The number of hydrogen-bond acceptors (Lipinski definition) is 2. The molecule has 3 aromatic carbocycles. The van der Waals surface area contributed by atoms with Crippen LogP contribution in [0.2, 0.25) is 0 Å². The van der Waals surface area contributed by atoms with E-state index in [0.29, 0.717) is 22.2 Å². The van der Waals surface area contributed by atoms with Gasteiger partial charge in [-0.1, -0.05) is 55.1 Å². The van der Waals surface area contributed by atoms with E-state index in [9.17, 15) is 4.79 Å². The predicted octanol–water partition coefficient (Wildman–Crippen LogP) is 4.92. The number of carbonyl (C=O) groups is 1. The molecule has 0 radical (unpaired) electrons. The minimum absolute atomic E-state index is 0.0258. The maximum atomic E-state index is 13.0. The summed E-state index contributed by atoms with van der Waals surface area (Å²) in [6.07, 6.45) is 0. The average molecular weight is 374 g/mol. The van der Waals surface area contributed by atoms with Gasteiger partial charge in [0, 0.05) is 36.5 Å². The van der Waals surface area contributed by atoms with Crippen molar-refractivity contribution in [3.8, 4) is 0 Å². The van der Waals surface area contributed by atoms with E-state index in [1.165, 1.54) is 5.56 Å². The fourth-order valence-electron chi connectivity index (χ4n) is 3.58. The Morgan fingerprint density at radius 3 is 2.25 bits per heavy atom. The number of rotatable bonds is 7. The molecule has 0 bridgehead atoms. The Balaban J connectivity index is 1.75. The van der Waals surface area contributed by atoms with Crippen LogP contribution in [0.5, 0.6) is 0 Å². The van der Waals surface area contributed by atoms with Crippen LogP contribution < -0.4 is 4.90 Å². The number of ketones is 1. The van der Waals surface area contributed by atoms with Crippen LogP contribution in [0.25, 0.3) is 10.8 Å². The first-order chi connectivity index (χ1) is 13.2. The number of nitrogens with zero attached hydrogens (tertiary/aromatic N) is 2. The highest BCUT2D eigenvalue weighted by Crippen LogP contribution is 2.23. The molecule has 0 N–H and O–H groups in total. The van der Waals surface area contributed by atoms with Gasteiger partial charge in [-0.25, -0.2) is 0 Å². The third kappa shape index (κ3) is 4.68. The summed E-state index contributed by atoms with van der Waals surface area (Å²) in [4.78, 5) is 15.1. The molecule has 0 aliphatic carbocycles. The van der Waals surface area contributed by atoms with Crippen molar-refractivity contribution in [3.63, 3.8) is 0 Å². The summed E-state index contributed by atoms with van der Waals surface area (Å²) in [7, 11) is 8.32. The Labute approximate surface area is 168 Å². The summed E-state index contributed by atoms with van der Waals surface area (Å²) < 4.78 is 0.689. The van der Waals surface area contributed by atoms with Gasteiger partial charge in [0.2, 0.25) is 0 Å². The fourth-order valence-corrected chi connectivity index (χ4v) is 3.58. The minimum Gasteiger partial charge on any atom is -0.378 e. The quantitative estimate of drug-likeness (QED) is 0.333. The van der Waals surface area contributed by atoms with Gasteiger partial charge in [-0.15, -0.1) is 0 Å². The third-order valence-corrected chi connectivity index (χ3v) is 5.00. The molecular formula is C25H29N2O+. The first kappa shape index (κ1) is 19.8. The van der Waals surface area contributed by atoms with Gasteiger partial charge in [0.05, 0.1) is 14.1 Å². The van der Waals surface area contributed by atoms with Crippen molar-refractivity contribution < 1.29 is 9.28 Å². The smallest absolute Gasteiger partial charge is 0.194 e. The predicted molar refractivity (Wildman–Crippen MR) is 119 cm³/mol. The number of Topliss-reactive ketones (excluding diaryl/α,β-unsaturated/α-hetero) is 1. The van der Waals surface area contributed by atoms with E-state index in [1.807, 2.05) is 50.5 Å². The molecule has 0 heterocycles. The average Bonchev–Trinajstić information content (AvgIpc) is 2.66. The number of carbonyl (C=O) groups excluding carboxylic acids is 1. The van der Waals surface area contributed by atoms with E-state index in [1.54, 1.807) is 0 Å². The molecular weight excluding hydrogens is 344 g/mol. The van der Waals surface area contributed by atoms with E-state index >= 15 is 0 Å². The second-order valence-electron chi connectivity index (χ2n) is 8.31. The molecule has 0 amide bonds. The van der Waals surface area contributed by atoms with Gasteiger partial charge in [-0.3, -0.25) is 4.79 Å². The fraction of sp³-hybridized carbons (Fsp3) is 0.240. The highest BCUT2D eigenvalue weighted by atomic mass is 16.1. The van der Waals surface area contributed by atoms with E-state index < -0.39 is 0 Å². The highest BCUT2D eigenvalue weighted by Gasteiger charge is 2.22. The Morgan fingerprint density at radius 1 is 0.929 bits per heavy atom. The molecule has 0 saturated carbocycles. The zero-order chi connectivity index (χ0) is 20.3. The van der Waals surface area contributed by atoms with Gasteiger partial charge in [-0.05, 0) is 29.0 Å². The largest absolute Gasteiger partial charge is 0.378 e. The van der Waals surface area contributed by atoms with E-state index in [2.05, 4.69) is 55.9 Å². The maximum Gasteiger partial charge on any atom is 0.194 e. The van der Waals surface area contributed by atoms with Gasteiger partial charge >= 0.3 is 0 Å². The zero-order valence-corrected chi connectivity index (χ0v) is 17.3. The van der Waals surface area contributed by atoms with Gasteiger partial charge in [-0.2, -0.15) is 0 Å². The summed E-state index contributed by atoms with van der Waals surface area (Å²) >= 11 is 0. The molecule has 0 unspecified atom stereocenters. The summed E-state index contributed by atoms with van der Waals surface area (Å²) in [5.41, 5.74) is 3.76. The van der Waals surface area contributed by atoms with Crippen LogP contribution in [0.3, 0.4) is 0 Å². The molecule has 0 spiro atoms. The number of benzene rings is 3. The maximum absolute atomic E-state index is 13.0. The zero-order valence-electron chi connectivity index (χ0n) is 17.3. The van der Waals surface area contributed by atoms with E-state index in [-0.39, 0.29) is 5.78 Å². The van der Waals surface area contributed by atoms with Gasteiger partial charge in [0.1, 0.15) is 13.1 Å². The lowest BCUT2D eigenvalue weighted by molar-refractivity contribution is -0.898. The minimum atomic E-state index is 0.0258. The van der Waals surface area contributed by atoms with Crippen LogP contribution in [0.15, 0.2) is 78.9 Å². The van der Waals surface area contributed by atoms with Crippen molar-refractivity contribution in [2.24, 2.45) is 0 Å². The normalized spacial score (nSPS) is 11.4. The lowest BCUT2D eigenvalue weighted by atomic mass is 9.99. The van der Waals surface area contributed by atoms with E-state index in [4.69, 9.17) is 0 Å². The topological polar surface area (TPSA) is 20.3 Å². The standard InChI is InChI=1S/C25H29N2O/c1-19(17-27(4,5)18-20-9-7-6-8-10-20)25(28)23-12-11-22-16-24(26(2)3)14-13-21(22)15-23/h6-16H,1,17-18H2,2-5H3/q+1. The molecule has 0 saturated heterocycles. The number of anilines is 1. The summed E-state index contributed by atoms with van der Waals surface area (Å²) in [6.45, 7) is 5.58. The van der Waals surface area contributed by atoms with Crippen molar-refractivity contribution in [3.05, 3.63) is 90.0 Å². The second kappa shape index (κ2) is 7.99. The molecule has 28 heavy (non-hydrogen) atoms. The molecule has 3 heteroatoms. The molecule has 144 valence electrons. The lowest BCUT2D eigenvalue weighted by Crippen LogP contribution is -2.41. The summed E-state index contributed by atoms with van der Waals surface area (Å²) in [5, 5.41) is 2.20. The van der Waals surface area contributed by atoms with Crippen LogP contribution in [0.1, 0.15) is 15.9 Å². The van der Waals surface area contributed by atoms with Gasteiger partial charge in [0.25, 0.3) is 0 Å². The van der Waals surface area contributed by atoms with Crippen molar-refractivity contribution in [1.29, 1.82) is 0 Å². The van der Waals surface area contributed by atoms with Crippen LogP contribution >= 0.6 is 0 Å². The molecule has 0 aromatic heterocycles. The first-order valence-corrected chi connectivity index (χ1v) is 9.55. The third-order valence-electron chi connectivity index (χ3n) is 5.00. The Kier molecular flexibility index (Phi) is 5.66. The molecule has 0 atom stereocenters. The van der Waals surface area contributed by atoms with Crippen LogP contribution in [0.4, 0.5) is 5.69 Å². The van der Waals surface area contributed by atoms with E-state index in [0.717, 1.165) is 23.0 Å². The number of fused-ring (bicyclic) bond motifs is 1. The first-order valence-electron chi connectivity index (χ1n) is 9.55. The number of hydrogen-bond donors (Lipinski definition) is 0. The summed E-state index contributed by atoms with van der Waals surface area (Å²) in [5.74, 6) is 0.0258. The Morgan fingerprint density at radius 2 is 1.57 bits per heavy atom. The second-order valence-corrected chi connectivity index (χ2v) is 8.31. The lowest BCUT2D eigenvalue weighted by Gasteiger charge is -2.30. The van der Waals surface area contributed by atoms with Crippen LogP contribution in [-0.2, 0) is 6.54 Å². The highest BCUT2D eigenvalue weighted by molar-refractivity contribution is 6.10. The molecule has 0 aliphatic heterocycles. The molecule has 3 aromatic rings. The Hall–Kier alpha value is -2.91. The number of quaternary nitrogens is 1. The van der Waals surface area contributed by atoms with Gasteiger partial charge in [0.15, 0.2) is 5.78 Å². The molecule has 3 nitrogen and oxygen atoms in total. The van der Waals surface area contributed by atoms with Crippen LogP contribution in [-0.4, -0.2) is 45.0 Å². The van der Waals surface area contributed by atoms with Gasteiger partial charge < -0.3 is 9.38 Å². The van der Waals surface area contributed by atoms with Crippen LogP contribution in [0, 0.1) is 0 Å². The van der Waals surface area contributed by atoms with Crippen molar-refractivity contribution in [2.75, 3.05) is 39.6 Å². The monoisotopic (exact) mass is 373 g/mol. The number of likely N-dealkylation sites (N-methyl/N-ethyl adjacent to an activating group) is 1. The molecule has 0 fully saturated rings. The molecule has 0 aliphatic rings. The summed E-state index contributed by atoms with van der Waals surface area (Å²) in [6, 6.07) is 22.5. The molecule has 3 rings (SSSR count).